The van der Waals surface area contributed by atoms with Gasteiger partial charge in [0.05, 0.1) is 13.6 Å². The van der Waals surface area contributed by atoms with Crippen LogP contribution in [0.5, 0.6) is 0 Å². The van der Waals surface area contributed by atoms with E-state index in [-0.39, 0.29) is 47.9 Å². The summed E-state index contributed by atoms with van der Waals surface area (Å²) in [6.45, 7) is 30.2. The third kappa shape index (κ3) is 9.11. The van der Waals surface area contributed by atoms with Gasteiger partial charge in [-0.2, -0.15) is 0 Å². The minimum Gasteiger partial charge on any atom is -0.512 e. The molecular formula is C42H59IrN2O2Si-. The average molecular weight is 844 g/mol. The van der Waals surface area contributed by atoms with Crippen molar-refractivity contribution in [3.8, 4) is 11.3 Å². The fourth-order valence-electron chi connectivity index (χ4n) is 5.87. The monoisotopic (exact) mass is 844 g/mol. The Kier molecular flexibility index (Phi) is 13.8. The normalized spacial score (nSPS) is 12.8. The maximum atomic E-state index is 12.2. The van der Waals surface area contributed by atoms with Gasteiger partial charge in [0.1, 0.15) is 11.6 Å². The van der Waals surface area contributed by atoms with Crippen LogP contribution in [0.2, 0.25) is 19.6 Å². The molecule has 0 atom stereocenters. The standard InChI is InChI=1S/C27H31N2Si.C15H28O2.Ir/c1-17-14-20(16-21(15-17)27(3,4)5)25-22-13-12-19-10-9-11-23(30(6,7)8)24(19)26(22)29-18(2)28-25;1-7-14(5,8-2)12(16)11-13(17)15(6,9-3)10-4;/h9-13,15-16H,1-8H3;11,16H,7-10H2,1-6H3;/q-1;;/b;12-11-;. The van der Waals surface area contributed by atoms with Gasteiger partial charge in [0, 0.05) is 42.4 Å². The number of allylic oxidation sites excluding steroid dienone is 2. The van der Waals surface area contributed by atoms with Crippen molar-refractivity contribution in [2.24, 2.45) is 10.8 Å². The van der Waals surface area contributed by atoms with E-state index in [0.717, 1.165) is 59.2 Å². The minimum atomic E-state index is -1.54. The topological polar surface area (TPSA) is 63.1 Å². The number of ketones is 1. The van der Waals surface area contributed by atoms with Crippen molar-refractivity contribution >= 4 is 40.7 Å². The first-order valence-corrected chi connectivity index (χ1v) is 21.0. The Balaban J connectivity index is 0.000000384. The zero-order valence-corrected chi connectivity index (χ0v) is 35.4. The molecule has 0 unspecified atom stereocenters. The molecule has 0 saturated carbocycles. The Bertz CT molecular complexity index is 1770. The van der Waals surface area contributed by atoms with E-state index in [2.05, 4.69) is 95.9 Å². The third-order valence-corrected chi connectivity index (χ3v) is 12.4. The van der Waals surface area contributed by atoms with Crippen LogP contribution in [0.1, 0.15) is 105 Å². The molecule has 0 fully saturated rings. The van der Waals surface area contributed by atoms with Gasteiger partial charge in [-0.3, -0.25) is 9.78 Å². The van der Waals surface area contributed by atoms with Crippen LogP contribution in [-0.4, -0.2) is 28.9 Å². The maximum absolute atomic E-state index is 12.2. The van der Waals surface area contributed by atoms with Gasteiger partial charge in [0.2, 0.25) is 0 Å². The van der Waals surface area contributed by atoms with Crippen LogP contribution < -0.4 is 5.19 Å². The van der Waals surface area contributed by atoms with E-state index >= 15 is 0 Å². The van der Waals surface area contributed by atoms with Crippen LogP contribution in [-0.2, 0) is 30.3 Å². The average Bonchev–Trinajstić information content (AvgIpc) is 3.02. The van der Waals surface area contributed by atoms with Crippen LogP contribution in [0.4, 0.5) is 0 Å². The molecule has 1 radical (unpaired) electrons. The Labute approximate surface area is 305 Å². The first-order valence-electron chi connectivity index (χ1n) is 17.5. The molecule has 0 aliphatic rings. The molecule has 3 aromatic carbocycles. The summed E-state index contributed by atoms with van der Waals surface area (Å²) in [4.78, 5) is 22.0. The Morgan fingerprint density at radius 1 is 0.854 bits per heavy atom. The molecular weight excluding hydrogens is 785 g/mol. The minimum absolute atomic E-state index is 0. The van der Waals surface area contributed by atoms with E-state index in [1.54, 1.807) is 0 Å². The summed E-state index contributed by atoms with van der Waals surface area (Å²) in [6.07, 6.45) is 4.75. The molecule has 0 bridgehead atoms. The van der Waals surface area contributed by atoms with Crippen LogP contribution in [0.15, 0.2) is 54.3 Å². The number of rotatable bonds is 9. The number of fused-ring (bicyclic) bond motifs is 3. The molecule has 1 aromatic heterocycles. The van der Waals surface area contributed by atoms with Gasteiger partial charge in [0.25, 0.3) is 0 Å². The molecule has 0 amide bonds. The predicted molar refractivity (Wildman–Crippen MR) is 206 cm³/mol. The van der Waals surface area contributed by atoms with Crippen molar-refractivity contribution in [2.45, 2.75) is 127 Å². The van der Waals surface area contributed by atoms with Crippen molar-refractivity contribution in [3.05, 3.63) is 77.3 Å². The van der Waals surface area contributed by atoms with Crippen molar-refractivity contribution < 1.29 is 30.0 Å². The largest absolute Gasteiger partial charge is 0.512 e. The number of aryl methyl sites for hydroxylation is 2. The molecule has 4 rings (SSSR count). The summed E-state index contributed by atoms with van der Waals surface area (Å²) < 4.78 is 0. The SMILES string of the molecule is CCC(C)(CC)C(=O)/C=C(\O)C(C)(CC)CC.Cc1[c-]c(-c2nc(C)nc3c2ccc2cccc([Si](C)(C)C)c23)cc(C(C)(C)C)c1.[Ir]. The van der Waals surface area contributed by atoms with Crippen molar-refractivity contribution in [1.29, 1.82) is 0 Å². The number of benzene rings is 3. The van der Waals surface area contributed by atoms with Gasteiger partial charge in [0.15, 0.2) is 5.78 Å². The van der Waals surface area contributed by atoms with E-state index in [1.807, 2.05) is 48.5 Å². The van der Waals surface area contributed by atoms with E-state index in [0.29, 0.717) is 0 Å². The number of carbonyl (C=O) groups excluding carboxylic acids is 1. The molecule has 0 saturated heterocycles. The van der Waals surface area contributed by atoms with E-state index in [9.17, 15) is 9.90 Å². The first kappa shape index (κ1) is 41.5. The summed E-state index contributed by atoms with van der Waals surface area (Å²) in [5, 5.41) is 15.3. The van der Waals surface area contributed by atoms with Gasteiger partial charge >= 0.3 is 0 Å². The Morgan fingerprint density at radius 3 is 1.96 bits per heavy atom. The van der Waals surface area contributed by atoms with Crippen molar-refractivity contribution in [1.82, 2.24) is 9.97 Å². The van der Waals surface area contributed by atoms with E-state index in [4.69, 9.17) is 9.97 Å². The Morgan fingerprint density at radius 2 is 1.44 bits per heavy atom. The fraction of sp³-hybridized carbons (Fsp3) is 0.500. The predicted octanol–water partition coefficient (Wildman–Crippen LogP) is 11.4. The number of aliphatic hydroxyl groups excluding tert-OH is 1. The molecule has 1 heterocycles. The molecule has 4 aromatic rings. The molecule has 1 N–H and O–H groups in total. The fourth-order valence-corrected chi connectivity index (χ4v) is 7.47. The van der Waals surface area contributed by atoms with Crippen molar-refractivity contribution in [3.63, 3.8) is 0 Å². The van der Waals surface area contributed by atoms with E-state index in [1.165, 1.54) is 27.6 Å². The second-order valence-electron chi connectivity index (χ2n) is 15.9. The molecule has 0 spiro atoms. The maximum Gasteiger partial charge on any atom is 0.164 e. The van der Waals surface area contributed by atoms with Crippen LogP contribution >= 0.6 is 0 Å². The number of carbonyl (C=O) groups is 1. The number of hydrogen-bond donors (Lipinski definition) is 1. The molecule has 0 aliphatic carbocycles. The molecule has 263 valence electrons. The number of aromatic nitrogens is 2. The smallest absolute Gasteiger partial charge is 0.164 e. The summed E-state index contributed by atoms with van der Waals surface area (Å²) in [7, 11) is -1.54. The Hall–Kier alpha value is -2.66. The zero-order valence-electron chi connectivity index (χ0n) is 32.0. The van der Waals surface area contributed by atoms with Gasteiger partial charge in [-0.15, -0.1) is 34.9 Å². The quantitative estimate of drug-likeness (QED) is 0.0599. The third-order valence-electron chi connectivity index (χ3n) is 10.4. The molecule has 6 heteroatoms. The van der Waals surface area contributed by atoms with Crippen LogP contribution in [0.3, 0.4) is 0 Å². The van der Waals surface area contributed by atoms with Crippen molar-refractivity contribution in [2.75, 3.05) is 0 Å². The molecule has 0 aliphatic heterocycles. The van der Waals surface area contributed by atoms with Gasteiger partial charge in [-0.1, -0.05) is 124 Å². The zero-order chi connectivity index (χ0) is 35.5. The number of aliphatic hydroxyl groups is 1. The second-order valence-corrected chi connectivity index (χ2v) is 20.9. The van der Waals surface area contributed by atoms with Gasteiger partial charge in [-0.25, -0.2) is 4.98 Å². The van der Waals surface area contributed by atoms with Gasteiger partial charge in [-0.05, 0) is 54.5 Å². The number of hydrogen-bond acceptors (Lipinski definition) is 4. The summed E-state index contributed by atoms with van der Waals surface area (Å²) in [5.41, 5.74) is 5.03. The second kappa shape index (κ2) is 15.9. The van der Waals surface area contributed by atoms with Gasteiger partial charge < -0.3 is 5.11 Å². The molecule has 48 heavy (non-hydrogen) atoms. The summed E-state index contributed by atoms with van der Waals surface area (Å²) in [6, 6.07) is 19.1. The first-order chi connectivity index (χ1) is 21.7. The van der Waals surface area contributed by atoms with Crippen LogP contribution in [0.25, 0.3) is 32.9 Å². The van der Waals surface area contributed by atoms with Crippen LogP contribution in [0, 0.1) is 30.7 Å². The summed E-state index contributed by atoms with van der Waals surface area (Å²) >= 11 is 0. The van der Waals surface area contributed by atoms with E-state index < -0.39 is 8.07 Å². The molecule has 4 nitrogen and oxygen atoms in total. The summed E-state index contributed by atoms with van der Waals surface area (Å²) in [5.74, 6) is 1.09. The number of nitrogens with zero attached hydrogens (tertiary/aromatic N) is 2.